The Morgan fingerprint density at radius 1 is 1.59 bits per heavy atom. The van der Waals surface area contributed by atoms with Crippen LogP contribution in [-0.2, 0) is 9.53 Å². The van der Waals surface area contributed by atoms with Gasteiger partial charge in [-0.3, -0.25) is 4.79 Å². The van der Waals surface area contributed by atoms with Crippen LogP contribution in [0.15, 0.2) is 0 Å². The number of rotatable bonds is 9. The fourth-order valence-corrected chi connectivity index (χ4v) is 2.70. The van der Waals surface area contributed by atoms with E-state index >= 15 is 0 Å². The van der Waals surface area contributed by atoms with Gasteiger partial charge in [-0.15, -0.1) is 0 Å². The van der Waals surface area contributed by atoms with Gasteiger partial charge in [0.25, 0.3) is 0 Å². The molecule has 0 saturated carbocycles. The van der Waals surface area contributed by atoms with E-state index in [0.717, 1.165) is 13.0 Å². The molecule has 0 aliphatic carbocycles. The van der Waals surface area contributed by atoms with Gasteiger partial charge in [-0.1, -0.05) is 13.8 Å². The monoisotopic (exact) mass is 263 g/mol. The Labute approximate surface area is 108 Å². The minimum absolute atomic E-state index is 0.173. The number of thioether (sulfide) groups is 1. The molecular weight excluding hydrogens is 238 g/mol. The molecule has 0 heterocycles. The number of hydrogen-bond acceptors (Lipinski definition) is 5. The second kappa shape index (κ2) is 8.78. The summed E-state index contributed by atoms with van der Waals surface area (Å²) in [4.78, 5) is 11.8. The lowest BCUT2D eigenvalue weighted by Gasteiger charge is -2.30. The number of hydrogen-bond donors (Lipinski definition) is 2. The second-order valence-corrected chi connectivity index (χ2v) is 5.91. The van der Waals surface area contributed by atoms with Crippen LogP contribution in [0.5, 0.6) is 0 Å². The Morgan fingerprint density at radius 3 is 2.71 bits per heavy atom. The highest BCUT2D eigenvalue weighted by Crippen LogP contribution is 2.22. The molecule has 0 aliphatic rings. The highest BCUT2D eigenvalue weighted by atomic mass is 32.2. The van der Waals surface area contributed by atoms with Gasteiger partial charge in [0.05, 0.1) is 13.7 Å². The van der Waals surface area contributed by atoms with E-state index < -0.39 is 5.54 Å². The van der Waals surface area contributed by atoms with E-state index in [4.69, 9.17) is 9.84 Å². The Morgan fingerprint density at radius 2 is 2.24 bits per heavy atom. The zero-order chi connectivity index (χ0) is 13.3. The average molecular weight is 263 g/mol. The molecule has 2 atom stereocenters. The van der Waals surface area contributed by atoms with E-state index in [1.807, 2.05) is 6.92 Å². The minimum Gasteiger partial charge on any atom is -0.468 e. The first kappa shape index (κ1) is 16.7. The normalized spacial score (nSPS) is 16.3. The molecule has 0 fully saturated rings. The maximum atomic E-state index is 11.8. The van der Waals surface area contributed by atoms with Crippen LogP contribution in [0.2, 0.25) is 0 Å². The third kappa shape index (κ3) is 6.29. The van der Waals surface area contributed by atoms with E-state index in [2.05, 4.69) is 19.2 Å². The molecule has 0 aromatic carbocycles. The van der Waals surface area contributed by atoms with Crippen LogP contribution in [0.4, 0.5) is 0 Å². The zero-order valence-electron chi connectivity index (χ0n) is 11.3. The van der Waals surface area contributed by atoms with Gasteiger partial charge >= 0.3 is 5.97 Å². The standard InChI is InChI=1S/C12H25NO3S/c1-5-6-13-12(3,11(15)16-4)9-10(2)17-8-7-14/h10,13-14H,5-9H2,1-4H3. The largest absolute Gasteiger partial charge is 0.468 e. The number of aliphatic hydroxyl groups excluding tert-OH is 1. The number of carbonyl (C=O) groups is 1. The molecule has 0 amide bonds. The van der Waals surface area contributed by atoms with Gasteiger partial charge in [-0.2, -0.15) is 11.8 Å². The maximum absolute atomic E-state index is 11.8. The van der Waals surface area contributed by atoms with Crippen molar-refractivity contribution < 1.29 is 14.6 Å². The van der Waals surface area contributed by atoms with Crippen LogP contribution >= 0.6 is 11.8 Å². The van der Waals surface area contributed by atoms with Crippen LogP contribution in [0, 0.1) is 0 Å². The van der Waals surface area contributed by atoms with E-state index in [0.29, 0.717) is 17.4 Å². The fourth-order valence-electron chi connectivity index (χ4n) is 1.74. The number of esters is 1. The summed E-state index contributed by atoms with van der Waals surface area (Å²) in [7, 11) is 1.42. The molecule has 0 aliphatic heterocycles. The van der Waals surface area contributed by atoms with Crippen molar-refractivity contribution in [1.82, 2.24) is 5.32 Å². The summed E-state index contributed by atoms with van der Waals surface area (Å²) in [6.07, 6.45) is 1.68. The predicted molar refractivity (Wildman–Crippen MR) is 72.3 cm³/mol. The Kier molecular flexibility index (Phi) is 8.64. The number of aliphatic hydroxyl groups is 1. The molecule has 0 spiro atoms. The highest BCUT2D eigenvalue weighted by molar-refractivity contribution is 7.99. The summed E-state index contributed by atoms with van der Waals surface area (Å²) in [6, 6.07) is 0. The summed E-state index contributed by atoms with van der Waals surface area (Å²) >= 11 is 1.67. The summed E-state index contributed by atoms with van der Waals surface area (Å²) in [5.41, 5.74) is -0.632. The number of methoxy groups -OCH3 is 1. The summed E-state index contributed by atoms with van der Waals surface area (Å²) in [5.74, 6) is 0.481. The number of carbonyl (C=O) groups excluding carboxylic acids is 1. The highest BCUT2D eigenvalue weighted by Gasteiger charge is 2.35. The first-order valence-electron chi connectivity index (χ1n) is 6.06. The molecule has 0 aromatic rings. The molecule has 0 rings (SSSR count). The topological polar surface area (TPSA) is 58.6 Å². The molecule has 2 N–H and O–H groups in total. The summed E-state index contributed by atoms with van der Waals surface area (Å²) < 4.78 is 4.86. The third-order valence-electron chi connectivity index (χ3n) is 2.59. The van der Waals surface area contributed by atoms with Crippen LogP contribution < -0.4 is 5.32 Å². The van der Waals surface area contributed by atoms with Crippen molar-refractivity contribution in [1.29, 1.82) is 0 Å². The van der Waals surface area contributed by atoms with Gasteiger partial charge in [0.15, 0.2) is 0 Å². The van der Waals surface area contributed by atoms with E-state index in [-0.39, 0.29) is 12.6 Å². The summed E-state index contributed by atoms with van der Waals surface area (Å²) in [5, 5.41) is 12.3. The van der Waals surface area contributed by atoms with E-state index in [1.54, 1.807) is 11.8 Å². The van der Waals surface area contributed by atoms with E-state index in [9.17, 15) is 4.79 Å². The quantitative estimate of drug-likeness (QED) is 0.616. The first-order valence-corrected chi connectivity index (χ1v) is 7.11. The summed E-state index contributed by atoms with van der Waals surface area (Å²) in [6.45, 7) is 6.98. The van der Waals surface area contributed by atoms with Gasteiger partial charge in [0.1, 0.15) is 5.54 Å². The molecular formula is C12H25NO3S. The number of ether oxygens (including phenoxy) is 1. The van der Waals surface area contributed by atoms with Crippen LogP contribution in [0.3, 0.4) is 0 Å². The molecule has 102 valence electrons. The molecule has 5 heteroatoms. The first-order chi connectivity index (χ1) is 8.00. The van der Waals surface area contributed by atoms with Crippen LogP contribution in [0.25, 0.3) is 0 Å². The van der Waals surface area contributed by atoms with Crippen LogP contribution in [-0.4, -0.2) is 47.9 Å². The SMILES string of the molecule is CCCNC(C)(CC(C)SCCO)C(=O)OC. The molecule has 0 radical (unpaired) electrons. The average Bonchev–Trinajstić information content (AvgIpc) is 2.32. The van der Waals surface area contributed by atoms with Gasteiger partial charge in [-0.05, 0) is 26.3 Å². The lowest BCUT2D eigenvalue weighted by atomic mass is 9.96. The van der Waals surface area contributed by atoms with Gasteiger partial charge in [0, 0.05) is 11.0 Å². The van der Waals surface area contributed by atoms with E-state index in [1.165, 1.54) is 7.11 Å². The second-order valence-electron chi connectivity index (χ2n) is 4.36. The van der Waals surface area contributed by atoms with Gasteiger partial charge < -0.3 is 15.2 Å². The Hall–Kier alpha value is -0.260. The van der Waals surface area contributed by atoms with Crippen molar-refractivity contribution in [2.45, 2.75) is 44.4 Å². The van der Waals surface area contributed by atoms with Crippen molar-refractivity contribution in [2.75, 3.05) is 26.0 Å². The fraction of sp³-hybridized carbons (Fsp3) is 0.917. The predicted octanol–water partition coefficient (Wildman–Crippen LogP) is 1.42. The van der Waals surface area contributed by atoms with Gasteiger partial charge in [0.2, 0.25) is 0 Å². The van der Waals surface area contributed by atoms with Crippen molar-refractivity contribution in [3.8, 4) is 0 Å². The molecule has 2 unspecified atom stereocenters. The Balaban J connectivity index is 4.41. The molecule has 0 aromatic heterocycles. The number of nitrogens with one attached hydrogen (secondary N) is 1. The van der Waals surface area contributed by atoms with Crippen molar-refractivity contribution in [3.63, 3.8) is 0 Å². The van der Waals surface area contributed by atoms with Crippen molar-refractivity contribution >= 4 is 17.7 Å². The maximum Gasteiger partial charge on any atom is 0.325 e. The smallest absolute Gasteiger partial charge is 0.325 e. The molecule has 4 nitrogen and oxygen atoms in total. The molecule has 0 bridgehead atoms. The lowest BCUT2D eigenvalue weighted by molar-refractivity contribution is -0.148. The van der Waals surface area contributed by atoms with Crippen molar-refractivity contribution in [3.05, 3.63) is 0 Å². The lowest BCUT2D eigenvalue weighted by Crippen LogP contribution is -2.51. The third-order valence-corrected chi connectivity index (χ3v) is 3.74. The Bertz CT molecular complexity index is 226. The van der Waals surface area contributed by atoms with Gasteiger partial charge in [-0.25, -0.2) is 0 Å². The molecule has 17 heavy (non-hydrogen) atoms. The zero-order valence-corrected chi connectivity index (χ0v) is 12.1. The van der Waals surface area contributed by atoms with Crippen LogP contribution in [0.1, 0.15) is 33.6 Å². The minimum atomic E-state index is -0.632. The van der Waals surface area contributed by atoms with Crippen molar-refractivity contribution in [2.24, 2.45) is 0 Å². The molecule has 0 saturated heterocycles.